The highest BCUT2D eigenvalue weighted by Crippen LogP contribution is 2.30. The summed E-state index contributed by atoms with van der Waals surface area (Å²) in [5, 5.41) is 11.7. The Labute approximate surface area is 141 Å². The van der Waals surface area contributed by atoms with E-state index in [0.29, 0.717) is 0 Å². The summed E-state index contributed by atoms with van der Waals surface area (Å²) in [5.41, 5.74) is 0. The molecule has 1 rings (SSSR count). The summed E-state index contributed by atoms with van der Waals surface area (Å²) in [6.07, 6.45) is -3.50. The molecule has 0 aromatic rings. The first kappa shape index (κ1) is 19.8. The number of carboxylic acid groups (broad SMARTS) is 1. The molecule has 130 valence electrons. The third-order valence-electron chi connectivity index (χ3n) is 2.91. The van der Waals surface area contributed by atoms with Crippen molar-refractivity contribution in [1.29, 1.82) is 0 Å². The van der Waals surface area contributed by atoms with E-state index in [-0.39, 0.29) is 18.4 Å². The number of hydrogen-bond donors (Lipinski definition) is 2. The number of methoxy groups -OCH3 is 1. The number of amides is 1. The Kier molecular flexibility index (Phi) is 8.42. The molecule has 10 heteroatoms. The number of rotatable bonds is 9. The first-order valence-corrected chi connectivity index (χ1v) is 9.31. The molecule has 23 heavy (non-hydrogen) atoms. The summed E-state index contributed by atoms with van der Waals surface area (Å²) in [5.74, 6) is -1.62. The number of esters is 1. The normalized spacial score (nSPS) is 17.3. The molecule has 1 heterocycles. The van der Waals surface area contributed by atoms with Crippen molar-refractivity contribution in [3.63, 3.8) is 0 Å². The molecule has 0 spiro atoms. The maximum atomic E-state index is 11.9. The minimum atomic E-state index is -1.58. The SMILES string of the molecule is COC(CC(=O)NC1CSSC1)C(=O)OC(CC(C)=O)C(=O)O. The number of nitrogens with one attached hydrogen (secondary N) is 1. The first-order chi connectivity index (χ1) is 10.8. The Hall–Kier alpha value is -1.26. The van der Waals surface area contributed by atoms with E-state index in [1.807, 2.05) is 0 Å². The zero-order valence-corrected chi connectivity index (χ0v) is 14.4. The van der Waals surface area contributed by atoms with Crippen molar-refractivity contribution in [2.24, 2.45) is 0 Å². The Bertz CT molecular complexity index is 465. The molecule has 1 aliphatic heterocycles. The fourth-order valence-electron chi connectivity index (χ4n) is 1.77. The van der Waals surface area contributed by atoms with Gasteiger partial charge in [0.25, 0.3) is 0 Å². The van der Waals surface area contributed by atoms with Crippen LogP contribution in [-0.2, 0) is 28.7 Å². The van der Waals surface area contributed by atoms with Gasteiger partial charge in [-0.2, -0.15) is 0 Å². The number of carbonyl (C=O) groups excluding carboxylic acids is 3. The molecule has 0 aromatic carbocycles. The largest absolute Gasteiger partial charge is 0.478 e. The van der Waals surface area contributed by atoms with Crippen LogP contribution in [-0.4, -0.2) is 65.6 Å². The number of Topliss-reactive ketones (excluding diaryl/α,β-unsaturated/α-hetero) is 1. The van der Waals surface area contributed by atoms with Gasteiger partial charge in [0, 0.05) is 24.7 Å². The van der Waals surface area contributed by atoms with Crippen LogP contribution in [0.5, 0.6) is 0 Å². The van der Waals surface area contributed by atoms with Gasteiger partial charge in [0.2, 0.25) is 12.0 Å². The number of hydrogen-bond acceptors (Lipinski definition) is 8. The van der Waals surface area contributed by atoms with Crippen LogP contribution in [0.1, 0.15) is 19.8 Å². The number of carbonyl (C=O) groups is 4. The van der Waals surface area contributed by atoms with Crippen LogP contribution in [0.4, 0.5) is 0 Å². The molecule has 0 bridgehead atoms. The minimum absolute atomic E-state index is 0.0375. The molecule has 8 nitrogen and oxygen atoms in total. The van der Waals surface area contributed by atoms with E-state index >= 15 is 0 Å². The summed E-state index contributed by atoms with van der Waals surface area (Å²) < 4.78 is 9.68. The molecule has 2 N–H and O–H groups in total. The lowest BCUT2D eigenvalue weighted by Gasteiger charge is -2.18. The highest BCUT2D eigenvalue weighted by atomic mass is 33.1. The molecule has 2 atom stereocenters. The molecule has 0 aliphatic carbocycles. The van der Waals surface area contributed by atoms with Gasteiger partial charge >= 0.3 is 11.9 Å². The first-order valence-electron chi connectivity index (χ1n) is 6.82. The number of aliphatic carboxylic acids is 1. The van der Waals surface area contributed by atoms with Crippen molar-refractivity contribution >= 4 is 45.2 Å². The standard InChI is InChI=1S/C13H19NO7S2/c1-7(15)3-9(12(17)18)21-13(19)10(20-2)4-11(16)14-8-5-22-23-6-8/h8-10H,3-6H2,1-2H3,(H,14,16)(H,17,18). The van der Waals surface area contributed by atoms with E-state index in [1.54, 1.807) is 21.6 Å². The fraction of sp³-hybridized carbons (Fsp3) is 0.692. The Morgan fingerprint density at radius 2 is 1.78 bits per heavy atom. The fourth-order valence-corrected chi connectivity index (χ4v) is 4.40. The quantitative estimate of drug-likeness (QED) is 0.437. The number of carboxylic acids is 1. The third kappa shape index (κ3) is 7.23. The highest BCUT2D eigenvalue weighted by molar-refractivity contribution is 8.77. The molecule has 1 amide bonds. The van der Waals surface area contributed by atoms with Crippen molar-refractivity contribution in [2.75, 3.05) is 18.6 Å². The molecular weight excluding hydrogens is 346 g/mol. The second kappa shape index (κ2) is 9.78. The van der Waals surface area contributed by atoms with Gasteiger partial charge in [-0.25, -0.2) is 9.59 Å². The maximum Gasteiger partial charge on any atom is 0.345 e. The molecule has 1 aliphatic rings. The van der Waals surface area contributed by atoms with E-state index in [4.69, 9.17) is 14.6 Å². The second-order valence-electron chi connectivity index (χ2n) is 4.93. The summed E-state index contributed by atoms with van der Waals surface area (Å²) in [6, 6.07) is 0.0375. The van der Waals surface area contributed by atoms with Crippen LogP contribution in [0.3, 0.4) is 0 Å². The van der Waals surface area contributed by atoms with Gasteiger partial charge in [0.15, 0.2) is 6.10 Å². The van der Waals surface area contributed by atoms with Gasteiger partial charge in [-0.1, -0.05) is 21.6 Å². The van der Waals surface area contributed by atoms with Gasteiger partial charge in [0.05, 0.1) is 12.8 Å². The van der Waals surface area contributed by atoms with Crippen molar-refractivity contribution in [3.8, 4) is 0 Å². The summed E-state index contributed by atoms with van der Waals surface area (Å²) in [4.78, 5) is 45.8. The smallest absolute Gasteiger partial charge is 0.345 e. The number of ether oxygens (including phenoxy) is 2. The van der Waals surface area contributed by atoms with Crippen molar-refractivity contribution in [1.82, 2.24) is 5.32 Å². The lowest BCUT2D eigenvalue weighted by Crippen LogP contribution is -2.41. The summed E-state index contributed by atoms with van der Waals surface area (Å²) >= 11 is 0. The van der Waals surface area contributed by atoms with Gasteiger partial charge in [0.1, 0.15) is 5.78 Å². The zero-order valence-electron chi connectivity index (χ0n) is 12.8. The van der Waals surface area contributed by atoms with E-state index in [2.05, 4.69) is 5.32 Å². The third-order valence-corrected chi connectivity index (χ3v) is 5.47. The van der Waals surface area contributed by atoms with E-state index < -0.39 is 36.4 Å². The molecule has 1 saturated heterocycles. The topological polar surface area (TPSA) is 119 Å². The average molecular weight is 365 g/mol. The van der Waals surface area contributed by atoms with Crippen LogP contribution in [0.15, 0.2) is 0 Å². The van der Waals surface area contributed by atoms with E-state index in [1.165, 1.54) is 14.0 Å². The van der Waals surface area contributed by atoms with Crippen LogP contribution >= 0.6 is 21.6 Å². The predicted octanol–water partition coefficient (Wildman–Crippen LogP) is 0.247. The van der Waals surface area contributed by atoms with Crippen LogP contribution in [0, 0.1) is 0 Å². The van der Waals surface area contributed by atoms with Crippen molar-refractivity contribution < 1.29 is 33.8 Å². The highest BCUT2D eigenvalue weighted by Gasteiger charge is 2.30. The summed E-state index contributed by atoms with van der Waals surface area (Å²) in [7, 11) is 4.53. The van der Waals surface area contributed by atoms with Gasteiger partial charge in [-0.15, -0.1) is 0 Å². The molecular formula is C13H19NO7S2. The second-order valence-corrected chi connectivity index (χ2v) is 7.48. The minimum Gasteiger partial charge on any atom is -0.478 e. The predicted molar refractivity (Wildman–Crippen MR) is 85.1 cm³/mol. The van der Waals surface area contributed by atoms with Crippen molar-refractivity contribution in [3.05, 3.63) is 0 Å². The summed E-state index contributed by atoms with van der Waals surface area (Å²) in [6.45, 7) is 1.20. The van der Waals surface area contributed by atoms with Gasteiger partial charge < -0.3 is 19.9 Å². The Balaban J connectivity index is 2.53. The monoisotopic (exact) mass is 365 g/mol. The molecule has 0 aromatic heterocycles. The average Bonchev–Trinajstić information content (AvgIpc) is 2.96. The lowest BCUT2D eigenvalue weighted by molar-refractivity contribution is -0.173. The molecule has 2 unspecified atom stereocenters. The van der Waals surface area contributed by atoms with E-state index in [9.17, 15) is 19.2 Å². The van der Waals surface area contributed by atoms with Crippen LogP contribution in [0.25, 0.3) is 0 Å². The van der Waals surface area contributed by atoms with Gasteiger partial charge in [-0.3, -0.25) is 9.59 Å². The van der Waals surface area contributed by atoms with Gasteiger partial charge in [-0.05, 0) is 6.92 Å². The Morgan fingerprint density at radius 3 is 2.26 bits per heavy atom. The van der Waals surface area contributed by atoms with Crippen LogP contribution < -0.4 is 5.32 Å². The zero-order chi connectivity index (χ0) is 17.4. The Morgan fingerprint density at radius 1 is 1.17 bits per heavy atom. The molecule has 0 saturated carbocycles. The van der Waals surface area contributed by atoms with Crippen LogP contribution in [0.2, 0.25) is 0 Å². The molecule has 0 radical (unpaired) electrons. The van der Waals surface area contributed by atoms with Crippen molar-refractivity contribution in [2.45, 2.75) is 38.0 Å². The lowest BCUT2D eigenvalue weighted by atomic mass is 10.2. The maximum absolute atomic E-state index is 11.9. The molecule has 1 fully saturated rings. The number of ketones is 1. The van der Waals surface area contributed by atoms with E-state index in [0.717, 1.165) is 11.5 Å².